The lowest BCUT2D eigenvalue weighted by atomic mass is 9.98. The van der Waals surface area contributed by atoms with Crippen LogP contribution in [0.2, 0.25) is 0 Å². The lowest BCUT2D eigenvalue weighted by Gasteiger charge is -2.32. The van der Waals surface area contributed by atoms with Gasteiger partial charge in [0.15, 0.2) is 0 Å². The molecule has 0 aromatic heterocycles. The zero-order valence-corrected chi connectivity index (χ0v) is 13.6. The number of benzene rings is 1. The minimum atomic E-state index is -5.48. The van der Waals surface area contributed by atoms with Crippen LogP contribution in [0.4, 0.5) is 21.4 Å². The molecule has 2 rings (SSSR count). The highest BCUT2D eigenvalue weighted by Crippen LogP contribution is 2.35. The predicted octanol–water partition coefficient (Wildman–Crippen LogP) is 2.45. The van der Waals surface area contributed by atoms with E-state index in [9.17, 15) is 38.3 Å². The maximum absolute atomic E-state index is 13.3. The van der Waals surface area contributed by atoms with Crippen LogP contribution in [0.15, 0.2) is 28.0 Å². The molecule has 0 unspecified atom stereocenters. The Hall–Kier alpha value is -1.27. The summed E-state index contributed by atoms with van der Waals surface area (Å²) in [5.74, 6) is -3.09. The molecule has 0 N–H and O–H groups in total. The molecule has 24 heavy (non-hydrogen) atoms. The van der Waals surface area contributed by atoms with E-state index in [4.69, 9.17) is 0 Å². The van der Waals surface area contributed by atoms with Crippen LogP contribution in [0, 0.1) is 11.7 Å². The van der Waals surface area contributed by atoms with Gasteiger partial charge in [-0.3, -0.25) is 0 Å². The molecule has 0 saturated carbocycles. The van der Waals surface area contributed by atoms with Crippen molar-refractivity contribution >= 4 is 20.2 Å². The molecule has 136 valence electrons. The first-order valence-electron chi connectivity index (χ1n) is 6.64. The lowest BCUT2D eigenvalue weighted by Crippen LogP contribution is -2.42. The fourth-order valence-corrected chi connectivity index (χ4v) is 4.54. The molecule has 1 saturated heterocycles. The highest BCUT2D eigenvalue weighted by Gasteiger charge is 2.43. The quantitative estimate of drug-likeness (QED) is 0.584. The molecule has 1 fully saturated rings. The fraction of sp³-hybridized carbons (Fsp3) is 0.500. The van der Waals surface area contributed by atoms with Gasteiger partial charge in [-0.1, -0.05) is 0 Å². The number of piperidine rings is 1. The molecule has 5 nitrogen and oxygen atoms in total. The summed E-state index contributed by atoms with van der Waals surface area (Å²) >= 11 is 0. The molecule has 0 atom stereocenters. The highest BCUT2D eigenvalue weighted by atomic mass is 32.3. The molecule has 0 aliphatic carbocycles. The van der Waals surface area contributed by atoms with Crippen molar-refractivity contribution in [2.45, 2.75) is 28.8 Å². The largest absolute Gasteiger partial charge is 0.391 e. The van der Waals surface area contributed by atoms with E-state index in [-0.39, 0.29) is 0 Å². The van der Waals surface area contributed by atoms with Gasteiger partial charge in [-0.15, -0.1) is 3.89 Å². The smallest absolute Gasteiger partial charge is 0.207 e. The third-order valence-corrected chi connectivity index (χ3v) is 6.45. The summed E-state index contributed by atoms with van der Waals surface area (Å²) in [6.45, 7) is -0.858. The predicted molar refractivity (Wildman–Crippen MR) is 72.2 cm³/mol. The van der Waals surface area contributed by atoms with Gasteiger partial charge in [0.2, 0.25) is 10.0 Å². The second-order valence-electron chi connectivity index (χ2n) is 5.25. The molecular weight excluding hydrogens is 381 g/mol. The van der Waals surface area contributed by atoms with E-state index < -0.39 is 73.9 Å². The maximum atomic E-state index is 13.3. The lowest BCUT2D eigenvalue weighted by molar-refractivity contribution is -0.182. The number of nitrogens with zero attached hydrogens (tertiary/aromatic N) is 1. The van der Waals surface area contributed by atoms with Gasteiger partial charge in [0, 0.05) is 13.1 Å². The van der Waals surface area contributed by atoms with E-state index in [0.29, 0.717) is 12.1 Å². The standard InChI is InChI=1S/C12H12F5NO4S2/c13-10-2-1-9(7-11(10)23(17,19)20)24(21,22)18-5-3-8(4-6-18)12(14,15)16/h1-2,7-8H,3-6H2. The van der Waals surface area contributed by atoms with Crippen molar-refractivity contribution in [1.82, 2.24) is 4.31 Å². The summed E-state index contributed by atoms with van der Waals surface area (Å²) < 4.78 is 111. The van der Waals surface area contributed by atoms with Crippen molar-refractivity contribution in [2.24, 2.45) is 5.92 Å². The molecular formula is C12H12F5NO4S2. The van der Waals surface area contributed by atoms with Gasteiger partial charge in [-0.05, 0) is 31.0 Å². The van der Waals surface area contributed by atoms with Crippen molar-refractivity contribution in [3.63, 3.8) is 0 Å². The molecule has 12 heteroatoms. The first-order chi connectivity index (χ1) is 10.8. The average molecular weight is 393 g/mol. The Morgan fingerprint density at radius 2 is 1.58 bits per heavy atom. The molecule has 1 aliphatic rings. The van der Waals surface area contributed by atoms with Crippen LogP contribution in [0.25, 0.3) is 0 Å². The molecule has 0 spiro atoms. The highest BCUT2D eigenvalue weighted by molar-refractivity contribution is 7.89. The van der Waals surface area contributed by atoms with E-state index in [2.05, 4.69) is 0 Å². The van der Waals surface area contributed by atoms with Gasteiger partial charge in [0.25, 0.3) is 0 Å². The summed E-state index contributed by atoms with van der Waals surface area (Å²) in [6, 6.07) is 1.52. The Labute approximate surface area is 135 Å². The Bertz CT molecular complexity index is 827. The van der Waals surface area contributed by atoms with Crippen LogP contribution in [0.5, 0.6) is 0 Å². The molecule has 0 bridgehead atoms. The number of hydrogen-bond acceptors (Lipinski definition) is 4. The summed E-state index contributed by atoms with van der Waals surface area (Å²) in [5, 5.41) is 0. The van der Waals surface area contributed by atoms with Crippen molar-refractivity contribution < 1.29 is 38.3 Å². The van der Waals surface area contributed by atoms with Gasteiger partial charge in [-0.2, -0.15) is 25.9 Å². The average Bonchev–Trinajstić information content (AvgIpc) is 2.45. The second kappa shape index (κ2) is 6.23. The van der Waals surface area contributed by atoms with Crippen LogP contribution >= 0.6 is 0 Å². The molecule has 1 aromatic carbocycles. The Morgan fingerprint density at radius 3 is 2.04 bits per heavy atom. The monoisotopic (exact) mass is 393 g/mol. The molecule has 1 aliphatic heterocycles. The van der Waals surface area contributed by atoms with Crippen LogP contribution in [0.1, 0.15) is 12.8 Å². The third kappa shape index (κ3) is 3.86. The fourth-order valence-electron chi connectivity index (χ4n) is 2.40. The van der Waals surface area contributed by atoms with Gasteiger partial charge in [0.05, 0.1) is 10.8 Å². The number of alkyl halides is 3. The number of sulfonamides is 1. The van der Waals surface area contributed by atoms with E-state index in [0.717, 1.165) is 10.4 Å². The third-order valence-electron chi connectivity index (χ3n) is 3.72. The zero-order chi connectivity index (χ0) is 18.3. The first-order valence-corrected chi connectivity index (χ1v) is 9.47. The number of hydrogen-bond donors (Lipinski definition) is 0. The minimum Gasteiger partial charge on any atom is -0.207 e. The molecule has 0 radical (unpaired) electrons. The molecule has 1 aromatic rings. The second-order valence-corrected chi connectivity index (χ2v) is 8.50. The minimum absolute atomic E-state index is 0.315. The topological polar surface area (TPSA) is 71.5 Å². The van der Waals surface area contributed by atoms with Crippen molar-refractivity contribution in [3.05, 3.63) is 24.0 Å². The van der Waals surface area contributed by atoms with Gasteiger partial charge in [-0.25, -0.2) is 12.8 Å². The van der Waals surface area contributed by atoms with Crippen LogP contribution < -0.4 is 0 Å². The van der Waals surface area contributed by atoms with Gasteiger partial charge < -0.3 is 0 Å². The normalized spacial score (nSPS) is 18.7. The van der Waals surface area contributed by atoms with E-state index in [1.165, 1.54) is 0 Å². The summed E-state index contributed by atoms with van der Waals surface area (Å²) in [6.07, 6.45) is -5.32. The van der Waals surface area contributed by atoms with Crippen molar-refractivity contribution in [1.29, 1.82) is 0 Å². The molecule has 0 amide bonds. The van der Waals surface area contributed by atoms with Crippen LogP contribution in [-0.4, -0.2) is 40.4 Å². The van der Waals surface area contributed by atoms with Gasteiger partial charge >= 0.3 is 16.4 Å². The Balaban J connectivity index is 2.30. The summed E-state index contributed by atoms with van der Waals surface area (Å²) in [7, 11) is -9.84. The van der Waals surface area contributed by atoms with E-state index in [1.54, 1.807) is 0 Å². The Morgan fingerprint density at radius 1 is 1.04 bits per heavy atom. The van der Waals surface area contributed by atoms with Crippen molar-refractivity contribution in [3.8, 4) is 0 Å². The van der Waals surface area contributed by atoms with Crippen molar-refractivity contribution in [2.75, 3.05) is 13.1 Å². The number of rotatable bonds is 3. The Kier molecular flexibility index (Phi) is 4.94. The van der Waals surface area contributed by atoms with Crippen LogP contribution in [-0.2, 0) is 20.2 Å². The summed E-state index contributed by atoms with van der Waals surface area (Å²) in [5.41, 5.74) is 0. The van der Waals surface area contributed by atoms with Crippen LogP contribution in [0.3, 0.4) is 0 Å². The zero-order valence-electron chi connectivity index (χ0n) is 11.9. The SMILES string of the molecule is O=S(=O)(F)c1cc(S(=O)(=O)N2CCC(C(F)(F)F)CC2)ccc1F. The summed E-state index contributed by atoms with van der Waals surface area (Å²) in [4.78, 5) is -2.14. The van der Waals surface area contributed by atoms with Gasteiger partial charge in [0.1, 0.15) is 10.7 Å². The maximum Gasteiger partial charge on any atom is 0.391 e. The van der Waals surface area contributed by atoms with E-state index in [1.807, 2.05) is 0 Å². The molecule has 1 heterocycles. The number of halogens is 5. The van der Waals surface area contributed by atoms with E-state index >= 15 is 0 Å². The first kappa shape index (κ1) is 19.1.